The van der Waals surface area contributed by atoms with Gasteiger partial charge in [0, 0.05) is 50.4 Å². The van der Waals surface area contributed by atoms with Gasteiger partial charge in [0.2, 0.25) is 5.91 Å². The van der Waals surface area contributed by atoms with Gasteiger partial charge in [0.15, 0.2) is 5.82 Å². The predicted molar refractivity (Wildman–Crippen MR) is 166 cm³/mol. The molecule has 236 valence electrons. The van der Waals surface area contributed by atoms with Gasteiger partial charge in [-0.3, -0.25) is 19.2 Å². The standard InChI is InChI=1S/C30H32ClN7O4.CH2O2/c1-36-25(20-3-6-26(42-2)21(15-20)17-32)18-34-27(36)28(39)35-22-4-5-23(24(31)16-22)30(41)38-13-11-37(12-14-38)29(40)19-7-9-33-10-8-19;2-1-3/h3-6,15-16,18-19,33H,7-14H2,1-2H3,(H,35,39);1H,(H,2,3). The van der Waals surface area contributed by atoms with Crippen LogP contribution in [0.5, 0.6) is 5.75 Å². The van der Waals surface area contributed by atoms with E-state index in [1.54, 1.807) is 53.0 Å². The van der Waals surface area contributed by atoms with E-state index in [-0.39, 0.29) is 35.1 Å². The maximum absolute atomic E-state index is 13.2. The van der Waals surface area contributed by atoms with E-state index in [0.29, 0.717) is 60.0 Å². The van der Waals surface area contributed by atoms with Crippen LogP contribution >= 0.6 is 11.6 Å². The van der Waals surface area contributed by atoms with E-state index in [1.807, 2.05) is 4.90 Å². The van der Waals surface area contributed by atoms with Crippen LogP contribution in [0.3, 0.4) is 0 Å². The number of nitriles is 1. The lowest BCUT2D eigenvalue weighted by atomic mass is 9.96. The Balaban J connectivity index is 0.00000148. The topological polar surface area (TPSA) is 170 Å². The molecule has 3 amide bonds. The number of amides is 3. The number of nitrogens with zero attached hydrogens (tertiary/aromatic N) is 5. The summed E-state index contributed by atoms with van der Waals surface area (Å²) in [5.41, 5.74) is 2.48. The number of hydrogen-bond donors (Lipinski definition) is 3. The monoisotopic (exact) mass is 635 g/mol. The molecule has 3 aromatic rings. The zero-order valence-electron chi connectivity index (χ0n) is 25.0. The molecule has 0 radical (unpaired) electrons. The number of halogens is 1. The van der Waals surface area contributed by atoms with Gasteiger partial charge in [-0.25, -0.2) is 4.98 Å². The van der Waals surface area contributed by atoms with E-state index in [0.717, 1.165) is 25.9 Å². The van der Waals surface area contributed by atoms with Crippen LogP contribution in [0.15, 0.2) is 42.6 Å². The van der Waals surface area contributed by atoms with Crippen molar-refractivity contribution in [2.75, 3.05) is 51.7 Å². The molecule has 13 nitrogen and oxygen atoms in total. The van der Waals surface area contributed by atoms with Crippen molar-refractivity contribution in [1.82, 2.24) is 24.7 Å². The molecule has 2 fully saturated rings. The Labute approximate surface area is 265 Å². The molecule has 2 aliphatic heterocycles. The maximum Gasteiger partial charge on any atom is 0.291 e. The second-order valence-corrected chi connectivity index (χ2v) is 10.9. The Morgan fingerprint density at radius 1 is 1.11 bits per heavy atom. The summed E-state index contributed by atoms with van der Waals surface area (Å²) < 4.78 is 6.84. The van der Waals surface area contributed by atoms with Gasteiger partial charge in [0.1, 0.15) is 11.8 Å². The summed E-state index contributed by atoms with van der Waals surface area (Å²) in [6, 6.07) is 12.0. The average Bonchev–Trinajstić information content (AvgIpc) is 3.45. The zero-order chi connectivity index (χ0) is 32.5. The van der Waals surface area contributed by atoms with Crippen LogP contribution in [0.2, 0.25) is 5.02 Å². The third kappa shape index (κ3) is 7.60. The molecule has 14 heteroatoms. The molecule has 3 N–H and O–H groups in total. The van der Waals surface area contributed by atoms with Gasteiger partial charge in [0.25, 0.3) is 18.3 Å². The summed E-state index contributed by atoms with van der Waals surface area (Å²) in [6.07, 6.45) is 3.26. The van der Waals surface area contributed by atoms with Gasteiger partial charge in [-0.05, 0) is 62.3 Å². The number of nitrogens with one attached hydrogen (secondary N) is 2. The third-order valence-corrected chi connectivity index (χ3v) is 8.14. The van der Waals surface area contributed by atoms with Gasteiger partial charge in [0.05, 0.1) is 35.2 Å². The van der Waals surface area contributed by atoms with E-state index in [4.69, 9.17) is 26.2 Å². The Morgan fingerprint density at radius 3 is 2.40 bits per heavy atom. The number of carbonyl (C=O) groups excluding carboxylic acids is 3. The van der Waals surface area contributed by atoms with E-state index < -0.39 is 5.91 Å². The Morgan fingerprint density at radius 2 is 1.78 bits per heavy atom. The Bertz CT molecular complexity index is 1600. The first-order valence-corrected chi connectivity index (χ1v) is 14.7. The van der Waals surface area contributed by atoms with E-state index >= 15 is 0 Å². The molecule has 0 spiro atoms. The van der Waals surface area contributed by atoms with Crippen LogP contribution in [0.25, 0.3) is 11.3 Å². The van der Waals surface area contributed by atoms with Crippen molar-refractivity contribution in [3.63, 3.8) is 0 Å². The highest BCUT2D eigenvalue weighted by Crippen LogP contribution is 2.28. The fourth-order valence-corrected chi connectivity index (χ4v) is 5.69. The fourth-order valence-electron chi connectivity index (χ4n) is 5.42. The van der Waals surface area contributed by atoms with Gasteiger partial charge in [-0.15, -0.1) is 0 Å². The number of carboxylic acid groups (broad SMARTS) is 1. The molecular formula is C31H34ClN7O6. The molecule has 0 atom stereocenters. The SMILES string of the molecule is COc1ccc(-c2cnc(C(=O)Nc3ccc(C(=O)N4CCN(C(=O)C5CCNCC5)CC4)c(Cl)c3)n2C)cc1C#N.O=CO. The summed E-state index contributed by atoms with van der Waals surface area (Å²) in [6.45, 7) is 3.35. The van der Waals surface area contributed by atoms with Gasteiger partial charge in [-0.1, -0.05) is 11.6 Å². The summed E-state index contributed by atoms with van der Waals surface area (Å²) in [5.74, 6) is 0.191. The van der Waals surface area contributed by atoms with Crippen molar-refractivity contribution in [1.29, 1.82) is 5.26 Å². The Kier molecular flexibility index (Phi) is 11.1. The second-order valence-electron chi connectivity index (χ2n) is 10.4. The number of piperazine rings is 1. The van der Waals surface area contributed by atoms with Crippen molar-refractivity contribution in [3.05, 3.63) is 64.6 Å². The largest absolute Gasteiger partial charge is 0.495 e. The number of ether oxygens (including phenoxy) is 1. The lowest BCUT2D eigenvalue weighted by Crippen LogP contribution is -2.52. The molecule has 3 heterocycles. The third-order valence-electron chi connectivity index (χ3n) is 7.83. The number of aromatic nitrogens is 2. The van der Waals surface area contributed by atoms with E-state index in [9.17, 15) is 19.6 Å². The molecule has 1 aromatic heterocycles. The van der Waals surface area contributed by atoms with Crippen LogP contribution in [-0.4, -0.2) is 95.0 Å². The van der Waals surface area contributed by atoms with Gasteiger partial charge >= 0.3 is 0 Å². The number of anilines is 1. The van der Waals surface area contributed by atoms with Crippen molar-refractivity contribution >= 4 is 41.5 Å². The average molecular weight is 636 g/mol. The second kappa shape index (κ2) is 15.2. The van der Waals surface area contributed by atoms with Crippen LogP contribution < -0.4 is 15.4 Å². The highest BCUT2D eigenvalue weighted by Gasteiger charge is 2.30. The molecule has 0 saturated carbocycles. The molecular weight excluding hydrogens is 602 g/mol. The van der Waals surface area contributed by atoms with Crippen LogP contribution in [0.4, 0.5) is 5.69 Å². The fraction of sp³-hybridized carbons (Fsp3) is 0.355. The van der Waals surface area contributed by atoms with Crippen molar-refractivity contribution in [3.8, 4) is 23.1 Å². The normalized spacial score (nSPS) is 14.9. The van der Waals surface area contributed by atoms with Crippen molar-refractivity contribution in [2.24, 2.45) is 13.0 Å². The smallest absolute Gasteiger partial charge is 0.291 e. The number of methoxy groups -OCH3 is 1. The van der Waals surface area contributed by atoms with E-state index in [1.165, 1.54) is 13.2 Å². The maximum atomic E-state index is 13.2. The van der Waals surface area contributed by atoms with Gasteiger partial charge in [-0.2, -0.15) is 5.26 Å². The van der Waals surface area contributed by atoms with Crippen LogP contribution in [0, 0.1) is 17.2 Å². The molecule has 2 aromatic carbocycles. The number of piperidine rings is 1. The number of rotatable bonds is 6. The lowest BCUT2D eigenvalue weighted by molar-refractivity contribution is -0.137. The quantitative estimate of drug-likeness (QED) is 0.345. The minimum absolute atomic E-state index is 0.0573. The Hall–Kier alpha value is -4.93. The minimum atomic E-state index is -0.456. The molecule has 2 aliphatic rings. The summed E-state index contributed by atoms with van der Waals surface area (Å²) in [7, 11) is 3.21. The first kappa shape index (κ1) is 33.0. The van der Waals surface area contributed by atoms with Crippen molar-refractivity contribution in [2.45, 2.75) is 12.8 Å². The molecule has 0 unspecified atom stereocenters. The summed E-state index contributed by atoms with van der Waals surface area (Å²) in [5, 5.41) is 22.6. The van der Waals surface area contributed by atoms with Crippen LogP contribution in [-0.2, 0) is 16.6 Å². The molecule has 0 aliphatic carbocycles. The first-order valence-electron chi connectivity index (χ1n) is 14.3. The summed E-state index contributed by atoms with van der Waals surface area (Å²) >= 11 is 6.50. The molecule has 5 rings (SSSR count). The molecule has 45 heavy (non-hydrogen) atoms. The number of carbonyl (C=O) groups is 4. The number of benzene rings is 2. The van der Waals surface area contributed by atoms with Crippen LogP contribution in [0.1, 0.15) is 39.4 Å². The van der Waals surface area contributed by atoms with Gasteiger partial charge < -0.3 is 34.8 Å². The van der Waals surface area contributed by atoms with E-state index in [2.05, 4.69) is 21.7 Å². The zero-order valence-corrected chi connectivity index (χ0v) is 25.7. The number of hydrogen-bond acceptors (Lipinski definition) is 8. The number of imidazole rings is 1. The lowest BCUT2D eigenvalue weighted by Gasteiger charge is -2.37. The molecule has 2 saturated heterocycles. The first-order chi connectivity index (χ1) is 21.7. The summed E-state index contributed by atoms with van der Waals surface area (Å²) in [4.78, 5) is 55.3. The highest BCUT2D eigenvalue weighted by atomic mass is 35.5. The highest BCUT2D eigenvalue weighted by molar-refractivity contribution is 6.34. The minimum Gasteiger partial charge on any atom is -0.495 e. The molecule has 0 bridgehead atoms. The predicted octanol–water partition coefficient (Wildman–Crippen LogP) is 2.86. The van der Waals surface area contributed by atoms with Crippen molar-refractivity contribution < 1.29 is 29.0 Å².